The van der Waals surface area contributed by atoms with E-state index in [9.17, 15) is 8.78 Å². The summed E-state index contributed by atoms with van der Waals surface area (Å²) in [7, 11) is 1.84. The standard InChI is InChI=1S/C15H18ClF2N3O/c1-10(12-9-20-14(16)21(12)2)19-8-7-11-5-3-4-6-13(11)22-15(17)18/h3-6,9-10,15,19H,7-8H2,1-2H3. The number of alkyl halides is 2. The molecule has 2 rings (SSSR count). The number of aromatic nitrogens is 2. The van der Waals surface area contributed by atoms with E-state index in [1.54, 1.807) is 35.0 Å². The minimum Gasteiger partial charge on any atom is -0.435 e. The van der Waals surface area contributed by atoms with Gasteiger partial charge in [0, 0.05) is 13.1 Å². The van der Waals surface area contributed by atoms with Gasteiger partial charge in [-0.2, -0.15) is 8.78 Å². The van der Waals surface area contributed by atoms with Crippen LogP contribution >= 0.6 is 11.6 Å². The van der Waals surface area contributed by atoms with Crippen LogP contribution in [0.5, 0.6) is 5.75 Å². The molecule has 0 aliphatic heterocycles. The van der Waals surface area contributed by atoms with E-state index >= 15 is 0 Å². The van der Waals surface area contributed by atoms with Crippen LogP contribution in [0.15, 0.2) is 30.5 Å². The Kier molecular flexibility index (Phi) is 5.74. The first kappa shape index (κ1) is 16.7. The number of hydrogen-bond acceptors (Lipinski definition) is 3. The van der Waals surface area contributed by atoms with Crippen molar-refractivity contribution >= 4 is 11.6 Å². The Hall–Kier alpha value is -1.66. The first-order valence-electron chi connectivity index (χ1n) is 6.92. The van der Waals surface area contributed by atoms with Gasteiger partial charge in [-0.15, -0.1) is 0 Å². The summed E-state index contributed by atoms with van der Waals surface area (Å²) in [5.74, 6) is 0.218. The maximum absolute atomic E-state index is 12.4. The van der Waals surface area contributed by atoms with Crippen molar-refractivity contribution in [3.05, 3.63) is 47.0 Å². The predicted octanol–water partition coefficient (Wildman–Crippen LogP) is 3.57. The minimum absolute atomic E-state index is 0.0492. The summed E-state index contributed by atoms with van der Waals surface area (Å²) in [4.78, 5) is 4.04. The number of halogens is 3. The van der Waals surface area contributed by atoms with Gasteiger partial charge in [0.05, 0.1) is 11.9 Å². The van der Waals surface area contributed by atoms with Gasteiger partial charge in [0.15, 0.2) is 0 Å². The molecule has 0 spiro atoms. The van der Waals surface area contributed by atoms with Gasteiger partial charge in [-0.1, -0.05) is 18.2 Å². The number of nitrogens with one attached hydrogen (secondary N) is 1. The zero-order chi connectivity index (χ0) is 16.1. The van der Waals surface area contributed by atoms with Crippen LogP contribution in [-0.4, -0.2) is 22.7 Å². The number of rotatable bonds is 7. The molecule has 1 aromatic carbocycles. The zero-order valence-corrected chi connectivity index (χ0v) is 13.1. The van der Waals surface area contributed by atoms with Crippen molar-refractivity contribution in [2.45, 2.75) is 26.0 Å². The summed E-state index contributed by atoms with van der Waals surface area (Å²) < 4.78 is 31.0. The molecule has 0 bridgehead atoms. The van der Waals surface area contributed by atoms with Gasteiger partial charge < -0.3 is 14.6 Å². The molecule has 0 amide bonds. The van der Waals surface area contributed by atoms with Crippen molar-refractivity contribution in [2.75, 3.05) is 6.54 Å². The van der Waals surface area contributed by atoms with Crippen LogP contribution in [0.2, 0.25) is 5.28 Å². The molecule has 1 atom stereocenters. The van der Waals surface area contributed by atoms with Crippen molar-refractivity contribution < 1.29 is 13.5 Å². The quantitative estimate of drug-likeness (QED) is 0.844. The topological polar surface area (TPSA) is 39.1 Å². The third-order valence-corrected chi connectivity index (χ3v) is 3.80. The fourth-order valence-electron chi connectivity index (χ4n) is 2.25. The van der Waals surface area contributed by atoms with Crippen molar-refractivity contribution in [1.82, 2.24) is 14.9 Å². The predicted molar refractivity (Wildman–Crippen MR) is 81.4 cm³/mol. The molecule has 2 aromatic rings. The molecule has 120 valence electrons. The highest BCUT2D eigenvalue weighted by molar-refractivity contribution is 6.28. The van der Waals surface area contributed by atoms with Gasteiger partial charge in [0.25, 0.3) is 0 Å². The second-order valence-corrected chi connectivity index (χ2v) is 5.26. The Balaban J connectivity index is 1.92. The average molecular weight is 330 g/mol. The number of hydrogen-bond donors (Lipinski definition) is 1. The molecule has 0 aliphatic carbocycles. The first-order chi connectivity index (χ1) is 10.5. The number of ether oxygens (including phenoxy) is 1. The molecule has 0 aliphatic rings. The Morgan fingerprint density at radius 1 is 1.36 bits per heavy atom. The minimum atomic E-state index is -2.82. The van der Waals surface area contributed by atoms with E-state index in [0.29, 0.717) is 18.2 Å². The number of nitrogens with zero attached hydrogens (tertiary/aromatic N) is 2. The van der Waals surface area contributed by atoms with E-state index in [-0.39, 0.29) is 11.8 Å². The lowest BCUT2D eigenvalue weighted by Gasteiger charge is -2.15. The molecule has 0 saturated carbocycles. The maximum Gasteiger partial charge on any atom is 0.387 e. The van der Waals surface area contributed by atoms with E-state index in [0.717, 1.165) is 11.3 Å². The average Bonchev–Trinajstić information content (AvgIpc) is 2.80. The van der Waals surface area contributed by atoms with Crippen LogP contribution in [0.3, 0.4) is 0 Å². The lowest BCUT2D eigenvalue weighted by atomic mass is 10.1. The van der Waals surface area contributed by atoms with Gasteiger partial charge in [-0.05, 0) is 43.1 Å². The molecule has 1 aromatic heterocycles. The molecule has 1 heterocycles. The molecular weight excluding hydrogens is 312 g/mol. The molecule has 0 fully saturated rings. The maximum atomic E-state index is 12.4. The third-order valence-electron chi connectivity index (χ3n) is 3.44. The Bertz CT molecular complexity index is 619. The van der Waals surface area contributed by atoms with E-state index in [1.165, 1.54) is 0 Å². The van der Waals surface area contributed by atoms with Crippen LogP contribution < -0.4 is 10.1 Å². The third kappa shape index (κ3) is 4.18. The van der Waals surface area contributed by atoms with Crippen LogP contribution in [0.25, 0.3) is 0 Å². The Morgan fingerprint density at radius 3 is 2.73 bits per heavy atom. The largest absolute Gasteiger partial charge is 0.435 e. The molecular formula is C15H18ClF2N3O. The monoisotopic (exact) mass is 329 g/mol. The van der Waals surface area contributed by atoms with E-state index in [1.807, 2.05) is 14.0 Å². The molecule has 0 saturated heterocycles. The summed E-state index contributed by atoms with van der Waals surface area (Å²) >= 11 is 5.91. The van der Waals surface area contributed by atoms with Gasteiger partial charge in [-0.3, -0.25) is 0 Å². The highest BCUT2D eigenvalue weighted by atomic mass is 35.5. The van der Waals surface area contributed by atoms with Gasteiger partial charge >= 0.3 is 6.61 Å². The first-order valence-corrected chi connectivity index (χ1v) is 7.30. The van der Waals surface area contributed by atoms with Crippen LogP contribution in [0.1, 0.15) is 24.2 Å². The van der Waals surface area contributed by atoms with Crippen molar-refractivity contribution in [1.29, 1.82) is 0 Å². The normalized spacial score (nSPS) is 12.6. The highest BCUT2D eigenvalue weighted by Crippen LogP contribution is 2.21. The van der Waals surface area contributed by atoms with Crippen LogP contribution in [0, 0.1) is 0 Å². The van der Waals surface area contributed by atoms with Gasteiger partial charge in [0.1, 0.15) is 5.75 Å². The second-order valence-electron chi connectivity index (χ2n) is 4.92. The number of imidazole rings is 1. The Labute approximate surface area is 133 Å². The smallest absolute Gasteiger partial charge is 0.387 e. The molecule has 1 unspecified atom stereocenters. The van der Waals surface area contributed by atoms with E-state index < -0.39 is 6.61 Å². The lowest BCUT2D eigenvalue weighted by Crippen LogP contribution is -2.23. The lowest BCUT2D eigenvalue weighted by molar-refractivity contribution is -0.0504. The SMILES string of the molecule is CC(NCCc1ccccc1OC(F)F)c1cnc(Cl)n1C. The van der Waals surface area contributed by atoms with Crippen LogP contribution in [0.4, 0.5) is 8.78 Å². The summed E-state index contributed by atoms with van der Waals surface area (Å²) in [6, 6.07) is 6.86. The second kappa shape index (κ2) is 7.56. The summed E-state index contributed by atoms with van der Waals surface area (Å²) in [6.45, 7) is -0.202. The Morgan fingerprint density at radius 2 is 2.09 bits per heavy atom. The van der Waals surface area contributed by atoms with Crippen LogP contribution in [-0.2, 0) is 13.5 Å². The number of para-hydroxylation sites is 1. The van der Waals surface area contributed by atoms with Crippen molar-refractivity contribution in [3.8, 4) is 5.75 Å². The molecule has 1 N–H and O–H groups in total. The molecule has 7 heteroatoms. The van der Waals surface area contributed by atoms with Crippen molar-refractivity contribution in [2.24, 2.45) is 7.05 Å². The summed E-state index contributed by atoms with van der Waals surface area (Å²) in [5.41, 5.74) is 1.70. The van der Waals surface area contributed by atoms with E-state index in [4.69, 9.17) is 11.6 Å². The number of benzene rings is 1. The summed E-state index contributed by atoms with van der Waals surface area (Å²) in [5, 5.41) is 3.75. The van der Waals surface area contributed by atoms with Gasteiger partial charge in [0.2, 0.25) is 5.28 Å². The summed E-state index contributed by atoms with van der Waals surface area (Å²) in [6.07, 6.45) is 2.30. The fourth-order valence-corrected chi connectivity index (χ4v) is 2.40. The van der Waals surface area contributed by atoms with Crippen molar-refractivity contribution in [3.63, 3.8) is 0 Å². The molecule has 4 nitrogen and oxygen atoms in total. The molecule has 22 heavy (non-hydrogen) atoms. The molecule has 0 radical (unpaired) electrons. The zero-order valence-electron chi connectivity index (χ0n) is 12.4. The fraction of sp³-hybridized carbons (Fsp3) is 0.400. The van der Waals surface area contributed by atoms with Gasteiger partial charge in [-0.25, -0.2) is 4.98 Å². The van der Waals surface area contributed by atoms with E-state index in [2.05, 4.69) is 15.0 Å². The highest BCUT2D eigenvalue weighted by Gasteiger charge is 2.13.